The number of carbonyl (C=O) groups excluding carboxylic acids is 1. The van der Waals surface area contributed by atoms with E-state index >= 15 is 0 Å². The first-order valence-electron chi connectivity index (χ1n) is 7.89. The number of ether oxygens (including phenoxy) is 1. The zero-order chi connectivity index (χ0) is 15.1. The minimum Gasteiger partial charge on any atom is -0.449 e. The van der Waals surface area contributed by atoms with E-state index < -0.39 is 6.09 Å². The van der Waals surface area contributed by atoms with Crippen LogP contribution in [0.25, 0.3) is 0 Å². The molecular weight excluding hydrogens is 258 g/mol. The first kappa shape index (κ1) is 19.2. The molecule has 20 heavy (non-hydrogen) atoms. The highest BCUT2D eigenvalue weighted by atomic mass is 16.6. The third-order valence-electron chi connectivity index (χ3n) is 3.22. The molecule has 0 aliphatic heterocycles. The van der Waals surface area contributed by atoms with Gasteiger partial charge in [0.25, 0.3) is 0 Å². The summed E-state index contributed by atoms with van der Waals surface area (Å²) in [5.41, 5.74) is 0. The van der Waals surface area contributed by atoms with Gasteiger partial charge in [-0.15, -0.1) is 0 Å². The third kappa shape index (κ3) is 11.1. The second-order valence-electron chi connectivity index (χ2n) is 5.02. The van der Waals surface area contributed by atoms with Crippen molar-refractivity contribution >= 4 is 6.09 Å². The van der Waals surface area contributed by atoms with Crippen LogP contribution in [0.5, 0.6) is 0 Å². The molecule has 0 rings (SSSR count). The molecule has 5 heteroatoms. The fourth-order valence-electron chi connectivity index (χ4n) is 2.02. The van der Waals surface area contributed by atoms with Gasteiger partial charge in [0.15, 0.2) is 0 Å². The van der Waals surface area contributed by atoms with E-state index in [-0.39, 0.29) is 26.3 Å². The van der Waals surface area contributed by atoms with Crippen molar-refractivity contribution in [3.63, 3.8) is 0 Å². The molecule has 0 aromatic heterocycles. The van der Waals surface area contributed by atoms with Crippen molar-refractivity contribution in [2.24, 2.45) is 0 Å². The maximum Gasteiger partial charge on any atom is 0.409 e. The molecule has 0 bridgehead atoms. The number of nitrogens with zero attached hydrogens (tertiary/aromatic N) is 1. The number of hydrogen-bond acceptors (Lipinski definition) is 4. The zero-order valence-electron chi connectivity index (χ0n) is 12.9. The van der Waals surface area contributed by atoms with Crippen LogP contribution in [0.1, 0.15) is 58.3 Å². The number of rotatable bonds is 13. The Bertz CT molecular complexity index is 218. The lowest BCUT2D eigenvalue weighted by atomic mass is 10.1. The van der Waals surface area contributed by atoms with Crippen LogP contribution in [-0.2, 0) is 4.74 Å². The molecule has 0 fully saturated rings. The third-order valence-corrected chi connectivity index (χ3v) is 3.22. The van der Waals surface area contributed by atoms with Crippen LogP contribution in [0, 0.1) is 0 Å². The van der Waals surface area contributed by atoms with Crippen LogP contribution in [0.3, 0.4) is 0 Å². The van der Waals surface area contributed by atoms with Gasteiger partial charge in [-0.05, 0) is 6.42 Å². The molecule has 0 spiro atoms. The lowest BCUT2D eigenvalue weighted by Gasteiger charge is -2.19. The molecule has 5 nitrogen and oxygen atoms in total. The highest BCUT2D eigenvalue weighted by Crippen LogP contribution is 2.08. The average Bonchev–Trinajstić information content (AvgIpc) is 2.45. The normalized spacial score (nSPS) is 10.6. The number of hydrogen-bond donors (Lipinski definition) is 2. The summed E-state index contributed by atoms with van der Waals surface area (Å²) in [6, 6.07) is 0. The molecule has 0 aliphatic rings. The van der Waals surface area contributed by atoms with Gasteiger partial charge in [0, 0.05) is 13.1 Å². The van der Waals surface area contributed by atoms with E-state index in [1.54, 1.807) is 0 Å². The molecule has 0 aromatic rings. The van der Waals surface area contributed by atoms with Crippen molar-refractivity contribution in [2.75, 3.05) is 32.9 Å². The predicted octanol–water partition coefficient (Wildman–Crippen LogP) is 2.55. The van der Waals surface area contributed by atoms with Crippen LogP contribution < -0.4 is 0 Å². The predicted molar refractivity (Wildman–Crippen MR) is 79.7 cm³/mol. The van der Waals surface area contributed by atoms with E-state index in [1.807, 2.05) is 0 Å². The summed E-state index contributed by atoms with van der Waals surface area (Å²) < 4.78 is 5.12. The Morgan fingerprint density at radius 2 is 1.40 bits per heavy atom. The number of amides is 1. The number of unbranched alkanes of at least 4 members (excludes halogenated alkanes) is 7. The fourth-order valence-corrected chi connectivity index (χ4v) is 2.02. The van der Waals surface area contributed by atoms with E-state index in [0.29, 0.717) is 6.61 Å². The van der Waals surface area contributed by atoms with Crippen molar-refractivity contribution in [1.29, 1.82) is 0 Å². The summed E-state index contributed by atoms with van der Waals surface area (Å²) in [5, 5.41) is 17.6. The van der Waals surface area contributed by atoms with Crippen LogP contribution in [0.15, 0.2) is 0 Å². The van der Waals surface area contributed by atoms with E-state index in [9.17, 15) is 4.79 Å². The highest BCUT2D eigenvalue weighted by molar-refractivity contribution is 5.67. The molecule has 0 heterocycles. The van der Waals surface area contributed by atoms with Gasteiger partial charge in [0.1, 0.15) is 0 Å². The van der Waals surface area contributed by atoms with Gasteiger partial charge in [-0.1, -0.05) is 51.9 Å². The van der Waals surface area contributed by atoms with Gasteiger partial charge in [-0.25, -0.2) is 4.79 Å². The fraction of sp³-hybridized carbons (Fsp3) is 0.933. The van der Waals surface area contributed by atoms with E-state index in [1.165, 1.54) is 43.4 Å². The molecule has 0 unspecified atom stereocenters. The molecule has 1 amide bonds. The Balaban J connectivity index is 3.45. The second kappa shape index (κ2) is 14.6. The molecule has 0 aromatic carbocycles. The van der Waals surface area contributed by atoms with Crippen molar-refractivity contribution in [3.8, 4) is 0 Å². The molecule has 0 radical (unpaired) electrons. The summed E-state index contributed by atoms with van der Waals surface area (Å²) in [5.74, 6) is 0. The quantitative estimate of drug-likeness (QED) is 0.511. The van der Waals surface area contributed by atoms with Crippen molar-refractivity contribution < 1.29 is 19.7 Å². The van der Waals surface area contributed by atoms with Crippen molar-refractivity contribution in [2.45, 2.75) is 58.3 Å². The van der Waals surface area contributed by atoms with Crippen molar-refractivity contribution in [3.05, 3.63) is 0 Å². The Kier molecular flexibility index (Phi) is 14.0. The molecule has 0 saturated carbocycles. The van der Waals surface area contributed by atoms with Gasteiger partial charge in [0.2, 0.25) is 0 Å². The first-order valence-corrected chi connectivity index (χ1v) is 7.89. The van der Waals surface area contributed by atoms with Crippen LogP contribution >= 0.6 is 0 Å². The minimum atomic E-state index is -0.448. The topological polar surface area (TPSA) is 70.0 Å². The van der Waals surface area contributed by atoms with Crippen LogP contribution in [-0.4, -0.2) is 54.1 Å². The van der Waals surface area contributed by atoms with Gasteiger partial charge in [-0.3, -0.25) is 0 Å². The van der Waals surface area contributed by atoms with Gasteiger partial charge < -0.3 is 19.8 Å². The number of aliphatic hydroxyl groups excluding tert-OH is 2. The summed E-state index contributed by atoms with van der Waals surface area (Å²) in [6.45, 7) is 2.81. The van der Waals surface area contributed by atoms with E-state index in [4.69, 9.17) is 14.9 Å². The van der Waals surface area contributed by atoms with Gasteiger partial charge in [0.05, 0.1) is 19.8 Å². The standard InChI is InChI=1S/C15H31NO4/c1-2-3-4-5-6-7-8-9-14-20-15(19)16(10-12-17)11-13-18/h17-18H,2-14H2,1H3. The largest absolute Gasteiger partial charge is 0.449 e. The Morgan fingerprint density at radius 3 is 1.90 bits per heavy atom. The summed E-state index contributed by atoms with van der Waals surface area (Å²) >= 11 is 0. The monoisotopic (exact) mass is 289 g/mol. The number of aliphatic hydroxyl groups is 2. The smallest absolute Gasteiger partial charge is 0.409 e. The molecule has 2 N–H and O–H groups in total. The van der Waals surface area contributed by atoms with Gasteiger partial charge >= 0.3 is 6.09 Å². The van der Waals surface area contributed by atoms with Gasteiger partial charge in [-0.2, -0.15) is 0 Å². The first-order chi connectivity index (χ1) is 9.76. The summed E-state index contributed by atoms with van der Waals surface area (Å²) in [4.78, 5) is 12.9. The molecule has 0 aliphatic carbocycles. The Hall–Kier alpha value is -0.810. The second-order valence-corrected chi connectivity index (χ2v) is 5.02. The average molecular weight is 289 g/mol. The SMILES string of the molecule is CCCCCCCCCCOC(=O)N(CCO)CCO. The van der Waals surface area contributed by atoms with Crippen LogP contribution in [0.4, 0.5) is 4.79 Å². The lowest BCUT2D eigenvalue weighted by Crippen LogP contribution is -2.36. The Labute approximate surface area is 122 Å². The van der Waals surface area contributed by atoms with Crippen molar-refractivity contribution in [1.82, 2.24) is 4.90 Å². The molecular formula is C15H31NO4. The molecule has 0 atom stereocenters. The minimum absolute atomic E-state index is 0.118. The maximum atomic E-state index is 11.6. The highest BCUT2D eigenvalue weighted by Gasteiger charge is 2.13. The summed E-state index contributed by atoms with van der Waals surface area (Å²) in [6.07, 6.45) is 9.18. The Morgan fingerprint density at radius 1 is 0.900 bits per heavy atom. The zero-order valence-corrected chi connectivity index (χ0v) is 12.9. The van der Waals surface area contributed by atoms with E-state index in [0.717, 1.165) is 12.8 Å². The van der Waals surface area contributed by atoms with Crippen LogP contribution in [0.2, 0.25) is 0 Å². The molecule has 120 valence electrons. The lowest BCUT2D eigenvalue weighted by molar-refractivity contribution is 0.0846. The summed E-state index contributed by atoms with van der Waals surface area (Å²) in [7, 11) is 0. The number of carbonyl (C=O) groups is 1. The maximum absolute atomic E-state index is 11.6. The van der Waals surface area contributed by atoms with E-state index in [2.05, 4.69) is 6.92 Å². The molecule has 0 saturated heterocycles.